The van der Waals surface area contributed by atoms with Crippen molar-refractivity contribution < 1.29 is 4.74 Å². The number of benzene rings is 1. The van der Waals surface area contributed by atoms with E-state index in [1.165, 1.54) is 11.1 Å². The van der Waals surface area contributed by atoms with Gasteiger partial charge in [-0.3, -0.25) is 4.98 Å². The first kappa shape index (κ1) is 14.1. The Bertz CT molecular complexity index is 589. The topological polar surface area (TPSA) is 34.1 Å². The minimum absolute atomic E-state index is 0.297. The van der Waals surface area contributed by atoms with Crippen molar-refractivity contribution in [2.45, 2.75) is 32.3 Å². The fourth-order valence-electron chi connectivity index (χ4n) is 2.77. The molecule has 0 aliphatic carbocycles. The van der Waals surface area contributed by atoms with Gasteiger partial charge in [0, 0.05) is 18.3 Å². The summed E-state index contributed by atoms with van der Waals surface area (Å²) in [5, 5.41) is 3.33. The highest BCUT2D eigenvalue weighted by molar-refractivity contribution is 5.65. The lowest BCUT2D eigenvalue weighted by molar-refractivity contribution is 0.223. The molecule has 1 saturated heterocycles. The van der Waals surface area contributed by atoms with E-state index in [0.29, 0.717) is 12.0 Å². The molecule has 1 fully saturated rings. The number of rotatable bonds is 4. The monoisotopic (exact) mass is 282 g/mol. The minimum Gasteiger partial charge on any atom is -0.489 e. The standard InChI is InChI=1S/C18H22N2O/c1-13(2)17-11-14(21-15-8-10-19-12-15)6-7-16(17)18-5-3-4-9-20-18/h3-7,9,11,13,15,19H,8,10,12H2,1-2H3. The Morgan fingerprint density at radius 2 is 2.14 bits per heavy atom. The number of nitrogens with one attached hydrogen (secondary N) is 1. The van der Waals surface area contributed by atoms with Crippen molar-refractivity contribution in [3.05, 3.63) is 48.2 Å². The van der Waals surface area contributed by atoms with Crippen LogP contribution in [-0.4, -0.2) is 24.2 Å². The minimum atomic E-state index is 0.297. The van der Waals surface area contributed by atoms with Gasteiger partial charge in [-0.25, -0.2) is 0 Å². The van der Waals surface area contributed by atoms with E-state index in [9.17, 15) is 0 Å². The van der Waals surface area contributed by atoms with Crippen LogP contribution < -0.4 is 10.1 Å². The summed E-state index contributed by atoms with van der Waals surface area (Å²) in [5.41, 5.74) is 3.51. The van der Waals surface area contributed by atoms with Gasteiger partial charge in [0.15, 0.2) is 0 Å². The van der Waals surface area contributed by atoms with Crippen molar-refractivity contribution in [1.29, 1.82) is 0 Å². The lowest BCUT2D eigenvalue weighted by atomic mass is 9.94. The number of hydrogen-bond acceptors (Lipinski definition) is 3. The third-order valence-corrected chi connectivity index (χ3v) is 3.90. The van der Waals surface area contributed by atoms with Crippen LogP contribution >= 0.6 is 0 Å². The molecule has 3 heteroatoms. The average molecular weight is 282 g/mol. The number of aromatic nitrogens is 1. The highest BCUT2D eigenvalue weighted by Crippen LogP contribution is 2.31. The Labute approximate surface area is 126 Å². The smallest absolute Gasteiger partial charge is 0.120 e. The molecule has 2 heterocycles. The number of hydrogen-bond donors (Lipinski definition) is 1. The highest BCUT2D eigenvalue weighted by atomic mass is 16.5. The molecule has 1 aromatic carbocycles. The van der Waals surface area contributed by atoms with Crippen LogP contribution in [0.1, 0.15) is 31.7 Å². The van der Waals surface area contributed by atoms with Crippen LogP contribution in [0.5, 0.6) is 5.75 Å². The van der Waals surface area contributed by atoms with Gasteiger partial charge in [-0.1, -0.05) is 19.9 Å². The van der Waals surface area contributed by atoms with Gasteiger partial charge >= 0.3 is 0 Å². The Morgan fingerprint density at radius 3 is 2.81 bits per heavy atom. The van der Waals surface area contributed by atoms with Gasteiger partial charge < -0.3 is 10.1 Å². The predicted octanol–water partition coefficient (Wildman–Crippen LogP) is 3.61. The zero-order valence-electron chi connectivity index (χ0n) is 12.7. The maximum Gasteiger partial charge on any atom is 0.120 e. The molecule has 0 spiro atoms. The molecular weight excluding hydrogens is 260 g/mol. The van der Waals surface area contributed by atoms with Gasteiger partial charge in [0.1, 0.15) is 11.9 Å². The lowest BCUT2D eigenvalue weighted by Gasteiger charge is -2.17. The average Bonchev–Trinajstić information content (AvgIpc) is 3.01. The fraction of sp³-hybridized carbons (Fsp3) is 0.389. The lowest BCUT2D eigenvalue weighted by Crippen LogP contribution is -2.19. The first-order valence-electron chi connectivity index (χ1n) is 7.67. The molecule has 0 saturated carbocycles. The Kier molecular flexibility index (Phi) is 4.20. The van der Waals surface area contributed by atoms with E-state index >= 15 is 0 Å². The Hall–Kier alpha value is -1.87. The van der Waals surface area contributed by atoms with Crippen LogP contribution in [0.3, 0.4) is 0 Å². The maximum atomic E-state index is 6.07. The molecule has 1 unspecified atom stereocenters. The van der Waals surface area contributed by atoms with Crippen molar-refractivity contribution in [2.24, 2.45) is 0 Å². The molecule has 2 aromatic rings. The van der Waals surface area contributed by atoms with Crippen LogP contribution in [0, 0.1) is 0 Å². The molecule has 1 N–H and O–H groups in total. The quantitative estimate of drug-likeness (QED) is 0.930. The second-order valence-electron chi connectivity index (χ2n) is 5.85. The maximum absolute atomic E-state index is 6.07. The summed E-state index contributed by atoms with van der Waals surface area (Å²) in [7, 11) is 0. The number of pyridine rings is 1. The van der Waals surface area contributed by atoms with Crippen molar-refractivity contribution >= 4 is 0 Å². The molecule has 0 amide bonds. The second-order valence-corrected chi connectivity index (χ2v) is 5.85. The number of ether oxygens (including phenoxy) is 1. The molecule has 0 bridgehead atoms. The molecule has 1 aromatic heterocycles. The van der Waals surface area contributed by atoms with Gasteiger partial charge in [-0.15, -0.1) is 0 Å². The summed E-state index contributed by atoms with van der Waals surface area (Å²) >= 11 is 0. The fourth-order valence-corrected chi connectivity index (χ4v) is 2.77. The van der Waals surface area contributed by atoms with E-state index in [2.05, 4.69) is 48.4 Å². The zero-order chi connectivity index (χ0) is 14.7. The van der Waals surface area contributed by atoms with Gasteiger partial charge in [-0.05, 0) is 54.8 Å². The van der Waals surface area contributed by atoms with Crippen LogP contribution in [0.25, 0.3) is 11.3 Å². The largest absolute Gasteiger partial charge is 0.489 e. The predicted molar refractivity (Wildman–Crippen MR) is 85.7 cm³/mol. The molecule has 110 valence electrons. The molecule has 1 aliphatic heterocycles. The van der Waals surface area contributed by atoms with Gasteiger partial charge in [-0.2, -0.15) is 0 Å². The third-order valence-electron chi connectivity index (χ3n) is 3.90. The van der Waals surface area contributed by atoms with E-state index in [4.69, 9.17) is 4.74 Å². The van der Waals surface area contributed by atoms with E-state index in [0.717, 1.165) is 31.0 Å². The van der Waals surface area contributed by atoms with Gasteiger partial charge in [0.2, 0.25) is 0 Å². The second kappa shape index (κ2) is 6.27. The van der Waals surface area contributed by atoms with Crippen LogP contribution in [-0.2, 0) is 0 Å². The Morgan fingerprint density at radius 1 is 1.24 bits per heavy atom. The van der Waals surface area contributed by atoms with E-state index in [1.54, 1.807) is 0 Å². The Balaban J connectivity index is 1.91. The van der Waals surface area contributed by atoms with Crippen molar-refractivity contribution in [2.75, 3.05) is 13.1 Å². The zero-order valence-corrected chi connectivity index (χ0v) is 12.7. The van der Waals surface area contributed by atoms with Crippen LogP contribution in [0.2, 0.25) is 0 Å². The van der Waals surface area contributed by atoms with E-state index < -0.39 is 0 Å². The molecule has 3 rings (SSSR count). The van der Waals surface area contributed by atoms with Crippen molar-refractivity contribution in [3.8, 4) is 17.0 Å². The van der Waals surface area contributed by atoms with Crippen LogP contribution in [0.15, 0.2) is 42.6 Å². The third kappa shape index (κ3) is 3.24. The molecule has 1 aliphatic rings. The summed E-state index contributed by atoms with van der Waals surface area (Å²) in [5.74, 6) is 1.40. The molecular formula is C18H22N2O. The van der Waals surface area contributed by atoms with Gasteiger partial charge in [0.05, 0.1) is 5.69 Å². The summed E-state index contributed by atoms with van der Waals surface area (Å²) in [6.45, 7) is 6.41. The summed E-state index contributed by atoms with van der Waals surface area (Å²) in [6, 6.07) is 12.4. The highest BCUT2D eigenvalue weighted by Gasteiger charge is 2.17. The first-order chi connectivity index (χ1) is 10.2. The number of nitrogens with zero attached hydrogens (tertiary/aromatic N) is 1. The molecule has 21 heavy (non-hydrogen) atoms. The molecule has 1 atom stereocenters. The summed E-state index contributed by atoms with van der Waals surface area (Å²) in [4.78, 5) is 4.47. The summed E-state index contributed by atoms with van der Waals surface area (Å²) < 4.78 is 6.07. The van der Waals surface area contributed by atoms with E-state index in [1.807, 2.05) is 18.3 Å². The van der Waals surface area contributed by atoms with Crippen molar-refractivity contribution in [1.82, 2.24) is 10.3 Å². The molecule has 0 radical (unpaired) electrons. The van der Waals surface area contributed by atoms with Crippen molar-refractivity contribution in [3.63, 3.8) is 0 Å². The van der Waals surface area contributed by atoms with Gasteiger partial charge in [0.25, 0.3) is 0 Å². The van der Waals surface area contributed by atoms with E-state index in [-0.39, 0.29) is 0 Å². The summed E-state index contributed by atoms with van der Waals surface area (Å²) in [6.07, 6.45) is 3.22. The normalized spacial score (nSPS) is 18.1. The molecule has 3 nitrogen and oxygen atoms in total. The first-order valence-corrected chi connectivity index (χ1v) is 7.67. The SMILES string of the molecule is CC(C)c1cc(OC2CCNC2)ccc1-c1ccccn1. The van der Waals surface area contributed by atoms with Crippen LogP contribution in [0.4, 0.5) is 0 Å².